The molecule has 0 saturated carbocycles. The summed E-state index contributed by atoms with van der Waals surface area (Å²) in [5.74, 6) is 1.41. The summed E-state index contributed by atoms with van der Waals surface area (Å²) >= 11 is 0. The minimum Gasteiger partial charge on any atom is -0.492 e. The molecule has 2 unspecified atom stereocenters. The highest BCUT2D eigenvalue weighted by atomic mass is 19.1. The van der Waals surface area contributed by atoms with Gasteiger partial charge >= 0.3 is 6.03 Å². The van der Waals surface area contributed by atoms with E-state index in [9.17, 15) is 13.6 Å². The molecule has 8 nitrogen and oxygen atoms in total. The van der Waals surface area contributed by atoms with Crippen molar-refractivity contribution < 1.29 is 18.3 Å². The van der Waals surface area contributed by atoms with Gasteiger partial charge in [0, 0.05) is 44.1 Å². The third-order valence-electron chi connectivity index (χ3n) is 7.79. The van der Waals surface area contributed by atoms with Crippen LogP contribution in [0.1, 0.15) is 57.4 Å². The average molecular weight is 543 g/mol. The molecule has 1 aromatic carbocycles. The van der Waals surface area contributed by atoms with Crippen molar-refractivity contribution in [2.24, 2.45) is 28.3 Å². The lowest BCUT2D eigenvalue weighted by Gasteiger charge is -2.37. The molecule has 2 atom stereocenters. The van der Waals surface area contributed by atoms with Crippen molar-refractivity contribution in [3.63, 3.8) is 0 Å². The zero-order valence-electron chi connectivity index (χ0n) is 22.9. The van der Waals surface area contributed by atoms with Crippen LogP contribution in [-0.2, 0) is 0 Å². The number of aromatic nitrogens is 1. The fraction of sp³-hybridized carbons (Fsp3) is 0.552. The lowest BCUT2D eigenvalue weighted by atomic mass is 9.85. The Bertz CT molecular complexity index is 1140. The normalized spacial score (nSPS) is 20.9. The summed E-state index contributed by atoms with van der Waals surface area (Å²) in [5, 5.41) is 0. The number of nitrogens with zero attached hydrogens (tertiary/aromatic N) is 4. The number of nitrogens with two attached hydrogens (primary N) is 2. The predicted molar refractivity (Wildman–Crippen MR) is 149 cm³/mol. The van der Waals surface area contributed by atoms with Gasteiger partial charge < -0.3 is 26.0 Å². The maximum Gasteiger partial charge on any atom is 0.345 e. The summed E-state index contributed by atoms with van der Waals surface area (Å²) < 4.78 is 33.8. The molecule has 2 aliphatic heterocycles. The molecule has 2 aromatic rings. The van der Waals surface area contributed by atoms with E-state index in [0.717, 1.165) is 43.6 Å². The Morgan fingerprint density at radius 1 is 1.15 bits per heavy atom. The van der Waals surface area contributed by atoms with Gasteiger partial charge in [-0.05, 0) is 73.9 Å². The van der Waals surface area contributed by atoms with Gasteiger partial charge in [-0.25, -0.2) is 18.6 Å². The number of amides is 2. The Kier molecular flexibility index (Phi) is 9.72. The van der Waals surface area contributed by atoms with Gasteiger partial charge in [-0.3, -0.25) is 0 Å². The highest BCUT2D eigenvalue weighted by molar-refractivity contribution is 5.93. The van der Waals surface area contributed by atoms with E-state index in [1.165, 1.54) is 6.07 Å². The van der Waals surface area contributed by atoms with Crippen molar-refractivity contribution in [2.75, 3.05) is 37.7 Å². The van der Waals surface area contributed by atoms with E-state index in [1.807, 2.05) is 26.0 Å². The van der Waals surface area contributed by atoms with Crippen LogP contribution in [0, 0.1) is 23.5 Å². The van der Waals surface area contributed by atoms with Crippen molar-refractivity contribution in [2.45, 2.75) is 57.9 Å². The predicted octanol–water partition coefficient (Wildman–Crippen LogP) is 4.69. The molecule has 0 spiro atoms. The molecule has 4 N–H and O–H groups in total. The Labute approximate surface area is 229 Å². The van der Waals surface area contributed by atoms with Gasteiger partial charge in [-0.2, -0.15) is 4.99 Å². The minimum atomic E-state index is -0.450. The lowest BCUT2D eigenvalue weighted by Crippen LogP contribution is -2.48. The topological polar surface area (TPSA) is 110 Å². The second kappa shape index (κ2) is 13.2. The molecule has 2 fully saturated rings. The number of hydrogen-bond donors (Lipinski definition) is 2. The molecular formula is C29H40F2N6O2. The average Bonchev–Trinajstić information content (AvgIpc) is 2.93. The van der Waals surface area contributed by atoms with Crippen LogP contribution in [0.3, 0.4) is 0 Å². The lowest BCUT2D eigenvalue weighted by molar-refractivity contribution is 0.173. The Balaban J connectivity index is 1.17. The van der Waals surface area contributed by atoms with E-state index in [2.05, 4.69) is 14.9 Å². The fourth-order valence-electron chi connectivity index (χ4n) is 5.31. The van der Waals surface area contributed by atoms with Crippen molar-refractivity contribution in [1.29, 1.82) is 0 Å². The van der Waals surface area contributed by atoms with Crippen molar-refractivity contribution >= 4 is 17.7 Å². The third kappa shape index (κ3) is 7.65. The van der Waals surface area contributed by atoms with Gasteiger partial charge in [0.1, 0.15) is 29.0 Å². The maximum atomic E-state index is 14.2. The Morgan fingerprint density at radius 2 is 1.92 bits per heavy atom. The van der Waals surface area contributed by atoms with E-state index in [4.69, 9.17) is 16.2 Å². The molecule has 4 rings (SSSR count). The molecule has 2 aliphatic rings. The smallest absolute Gasteiger partial charge is 0.345 e. The molecular weight excluding hydrogens is 502 g/mol. The largest absolute Gasteiger partial charge is 0.492 e. The second-order valence-corrected chi connectivity index (χ2v) is 10.9. The standard InChI is InChI=1S/C29H40F2N6O2/c1-19(2)28(33)35-29(38)36-12-9-20(10-13-36)4-3-15-39-22-6-8-27(34-17-22)37-14-11-23(26(32)18-37)24-16-21(30)5-7-25(24)31/h5-8,16-17,19-20,23,26H,3-4,9-15,18,32H2,1-2H3,(H2,33,35,38). The first kappa shape index (κ1) is 28.7. The van der Waals surface area contributed by atoms with Crippen LogP contribution in [-0.4, -0.2) is 60.6 Å². The monoisotopic (exact) mass is 542 g/mol. The van der Waals surface area contributed by atoms with E-state index < -0.39 is 11.6 Å². The highest BCUT2D eigenvalue weighted by Crippen LogP contribution is 2.31. The van der Waals surface area contributed by atoms with Crippen LogP contribution < -0.4 is 21.1 Å². The molecule has 3 heterocycles. The number of likely N-dealkylation sites (tertiary alicyclic amines) is 1. The number of piperidine rings is 2. The first-order valence-electron chi connectivity index (χ1n) is 13.9. The van der Waals surface area contributed by atoms with E-state index in [-0.39, 0.29) is 23.9 Å². The number of pyridine rings is 1. The van der Waals surface area contributed by atoms with Gasteiger partial charge in [0.25, 0.3) is 0 Å². The number of rotatable bonds is 8. The molecule has 0 aliphatic carbocycles. The van der Waals surface area contributed by atoms with E-state index in [0.29, 0.717) is 62.3 Å². The summed E-state index contributed by atoms with van der Waals surface area (Å²) in [5.41, 5.74) is 12.5. The number of ether oxygens (including phenoxy) is 1. The Morgan fingerprint density at radius 3 is 2.59 bits per heavy atom. The van der Waals surface area contributed by atoms with Crippen LogP contribution in [0.2, 0.25) is 0 Å². The van der Waals surface area contributed by atoms with Crippen LogP contribution in [0.25, 0.3) is 0 Å². The quantitative estimate of drug-likeness (QED) is 0.285. The zero-order chi connectivity index (χ0) is 27.9. The summed E-state index contributed by atoms with van der Waals surface area (Å²) in [7, 11) is 0. The summed E-state index contributed by atoms with van der Waals surface area (Å²) in [4.78, 5) is 24.7. The van der Waals surface area contributed by atoms with Crippen molar-refractivity contribution in [1.82, 2.24) is 9.88 Å². The number of aliphatic imine (C=N–C) groups is 1. The number of benzene rings is 1. The fourth-order valence-corrected chi connectivity index (χ4v) is 5.31. The molecule has 39 heavy (non-hydrogen) atoms. The summed E-state index contributed by atoms with van der Waals surface area (Å²) in [6.07, 6.45) is 6.23. The zero-order valence-corrected chi connectivity index (χ0v) is 22.9. The van der Waals surface area contributed by atoms with Crippen molar-refractivity contribution in [3.8, 4) is 5.75 Å². The first-order valence-corrected chi connectivity index (χ1v) is 13.9. The molecule has 0 radical (unpaired) electrons. The molecule has 2 amide bonds. The van der Waals surface area contributed by atoms with Gasteiger partial charge in [-0.1, -0.05) is 13.8 Å². The van der Waals surface area contributed by atoms with E-state index >= 15 is 0 Å². The number of halogens is 2. The molecule has 0 bridgehead atoms. The highest BCUT2D eigenvalue weighted by Gasteiger charge is 2.30. The number of amidine groups is 1. The van der Waals surface area contributed by atoms with Crippen LogP contribution >= 0.6 is 0 Å². The number of carbonyl (C=O) groups excluding carboxylic acids is 1. The van der Waals surface area contributed by atoms with Crippen LogP contribution in [0.15, 0.2) is 41.5 Å². The maximum absolute atomic E-state index is 14.2. The van der Waals surface area contributed by atoms with Gasteiger partial charge in [-0.15, -0.1) is 0 Å². The first-order chi connectivity index (χ1) is 18.7. The summed E-state index contributed by atoms with van der Waals surface area (Å²) in [6.45, 7) is 7.03. The number of anilines is 1. The molecule has 212 valence electrons. The SMILES string of the molecule is CC(C)C(N)=NC(=O)N1CCC(CCCOc2ccc(N3CCC(c4cc(F)ccc4F)C(N)C3)nc2)CC1. The molecule has 10 heteroatoms. The Hall–Kier alpha value is -3.27. The van der Waals surface area contributed by atoms with Gasteiger partial charge in [0.15, 0.2) is 0 Å². The van der Waals surface area contributed by atoms with Gasteiger partial charge in [0.2, 0.25) is 0 Å². The summed E-state index contributed by atoms with van der Waals surface area (Å²) in [6, 6.07) is 6.80. The number of hydrogen-bond acceptors (Lipinski definition) is 5. The third-order valence-corrected chi connectivity index (χ3v) is 7.79. The number of carbonyl (C=O) groups is 1. The van der Waals surface area contributed by atoms with Gasteiger partial charge in [0.05, 0.1) is 12.8 Å². The van der Waals surface area contributed by atoms with E-state index in [1.54, 1.807) is 11.1 Å². The van der Waals surface area contributed by atoms with Crippen LogP contribution in [0.5, 0.6) is 5.75 Å². The second-order valence-electron chi connectivity index (χ2n) is 10.9. The minimum absolute atomic E-state index is 0.0639. The van der Waals surface area contributed by atoms with Crippen LogP contribution in [0.4, 0.5) is 19.4 Å². The molecule has 1 aromatic heterocycles. The molecule has 2 saturated heterocycles. The number of urea groups is 1. The van der Waals surface area contributed by atoms with Crippen molar-refractivity contribution in [3.05, 3.63) is 53.7 Å².